The van der Waals surface area contributed by atoms with Crippen molar-refractivity contribution in [2.75, 3.05) is 0 Å². The van der Waals surface area contributed by atoms with Crippen LogP contribution in [0.15, 0.2) is 12.2 Å². The smallest absolute Gasteiger partial charge is 0.242 e. The van der Waals surface area contributed by atoms with Crippen LogP contribution >= 0.6 is 0 Å². The predicted octanol–water partition coefficient (Wildman–Crippen LogP) is -0.270. The highest BCUT2D eigenvalue weighted by Crippen LogP contribution is 2.27. The van der Waals surface area contributed by atoms with Gasteiger partial charge in [-0.3, -0.25) is 20.4 Å². The van der Waals surface area contributed by atoms with Gasteiger partial charge in [0.05, 0.1) is 11.8 Å². The monoisotopic (exact) mass is 166 g/mol. The first kappa shape index (κ1) is 7.34. The van der Waals surface area contributed by atoms with Crippen molar-refractivity contribution < 1.29 is 9.59 Å². The van der Waals surface area contributed by atoms with E-state index >= 15 is 0 Å². The maximum Gasteiger partial charge on any atom is 0.242 e. The molecule has 1 heterocycles. The van der Waals surface area contributed by atoms with E-state index in [1.54, 1.807) is 0 Å². The van der Waals surface area contributed by atoms with Crippen molar-refractivity contribution >= 4 is 11.8 Å². The van der Waals surface area contributed by atoms with Crippen LogP contribution < -0.4 is 10.9 Å². The van der Waals surface area contributed by atoms with Crippen molar-refractivity contribution in [2.45, 2.75) is 12.8 Å². The molecule has 1 aliphatic heterocycles. The zero-order valence-corrected chi connectivity index (χ0v) is 6.54. The molecule has 0 unspecified atom stereocenters. The van der Waals surface area contributed by atoms with Gasteiger partial charge in [-0.2, -0.15) is 0 Å². The van der Waals surface area contributed by atoms with Crippen molar-refractivity contribution in [3.63, 3.8) is 0 Å². The Morgan fingerprint density at radius 3 is 1.83 bits per heavy atom. The highest BCUT2D eigenvalue weighted by atomic mass is 16.2. The van der Waals surface area contributed by atoms with Crippen LogP contribution in [-0.2, 0) is 9.59 Å². The molecule has 64 valence electrons. The lowest BCUT2D eigenvalue weighted by molar-refractivity contribution is -0.143. The van der Waals surface area contributed by atoms with Gasteiger partial charge >= 0.3 is 0 Å². The molecule has 4 nitrogen and oxygen atoms in total. The molecular weight excluding hydrogens is 156 g/mol. The van der Waals surface area contributed by atoms with Gasteiger partial charge < -0.3 is 0 Å². The minimum Gasteiger partial charge on any atom is -0.273 e. The topological polar surface area (TPSA) is 58.2 Å². The Kier molecular flexibility index (Phi) is 1.60. The van der Waals surface area contributed by atoms with Crippen LogP contribution in [0.25, 0.3) is 0 Å². The molecule has 0 spiro atoms. The molecule has 2 atom stereocenters. The van der Waals surface area contributed by atoms with Crippen molar-refractivity contribution in [1.29, 1.82) is 0 Å². The fourth-order valence-electron chi connectivity index (χ4n) is 1.70. The zero-order valence-electron chi connectivity index (χ0n) is 6.54. The molecule has 2 amide bonds. The summed E-state index contributed by atoms with van der Waals surface area (Å²) in [6.07, 6.45) is 5.28. The van der Waals surface area contributed by atoms with Gasteiger partial charge in [0.25, 0.3) is 0 Å². The molecule has 1 fully saturated rings. The Bertz CT molecular complexity index is 234. The Morgan fingerprint density at radius 2 is 1.42 bits per heavy atom. The summed E-state index contributed by atoms with van der Waals surface area (Å²) in [5, 5.41) is 0. The number of hydrogen-bond acceptors (Lipinski definition) is 2. The number of nitrogens with one attached hydrogen (secondary N) is 2. The van der Waals surface area contributed by atoms with Crippen LogP contribution in [0, 0.1) is 11.8 Å². The van der Waals surface area contributed by atoms with Crippen LogP contribution in [0.2, 0.25) is 0 Å². The normalized spacial score (nSPS) is 33.7. The van der Waals surface area contributed by atoms with Crippen LogP contribution in [0.3, 0.4) is 0 Å². The fourth-order valence-corrected chi connectivity index (χ4v) is 1.70. The van der Waals surface area contributed by atoms with Crippen LogP contribution in [0.1, 0.15) is 12.8 Å². The van der Waals surface area contributed by atoms with E-state index in [4.69, 9.17) is 0 Å². The zero-order chi connectivity index (χ0) is 8.55. The summed E-state index contributed by atoms with van der Waals surface area (Å²) in [5.41, 5.74) is 4.72. The molecule has 4 heteroatoms. The van der Waals surface area contributed by atoms with Crippen LogP contribution in [-0.4, -0.2) is 11.8 Å². The maximum absolute atomic E-state index is 11.2. The average molecular weight is 166 g/mol. The van der Waals surface area contributed by atoms with Gasteiger partial charge in [-0.25, -0.2) is 0 Å². The molecule has 12 heavy (non-hydrogen) atoms. The molecule has 1 aliphatic carbocycles. The van der Waals surface area contributed by atoms with Gasteiger partial charge in [-0.05, 0) is 12.8 Å². The van der Waals surface area contributed by atoms with E-state index in [9.17, 15) is 9.59 Å². The predicted molar refractivity (Wildman–Crippen MR) is 41.6 cm³/mol. The van der Waals surface area contributed by atoms with Gasteiger partial charge in [-0.15, -0.1) is 0 Å². The SMILES string of the molecule is O=C1NNC(=O)[C@H]2CC=CC[C@H]12. The number of carbonyl (C=O) groups is 2. The first-order valence-electron chi connectivity index (χ1n) is 4.04. The third-order valence-corrected chi connectivity index (χ3v) is 2.41. The minimum atomic E-state index is -0.149. The molecule has 0 bridgehead atoms. The lowest BCUT2D eigenvalue weighted by Gasteiger charge is -2.31. The van der Waals surface area contributed by atoms with E-state index in [2.05, 4.69) is 10.9 Å². The van der Waals surface area contributed by atoms with E-state index in [1.165, 1.54) is 0 Å². The summed E-state index contributed by atoms with van der Waals surface area (Å²) >= 11 is 0. The second-order valence-corrected chi connectivity index (χ2v) is 3.13. The first-order valence-corrected chi connectivity index (χ1v) is 4.04. The molecule has 2 rings (SSSR count). The molecule has 0 aromatic rings. The second-order valence-electron chi connectivity index (χ2n) is 3.13. The lowest BCUT2D eigenvalue weighted by atomic mass is 9.81. The standard InChI is InChI=1S/C8H10N2O2/c11-7-5-3-1-2-4-6(5)8(12)10-9-7/h1-2,5-6H,3-4H2,(H,9,11)(H,10,12)/t5-,6-/m0/s1. The molecule has 0 aromatic heterocycles. The fraction of sp³-hybridized carbons (Fsp3) is 0.500. The summed E-state index contributed by atoms with van der Waals surface area (Å²) in [6.45, 7) is 0. The Balaban J connectivity index is 2.23. The van der Waals surface area contributed by atoms with Crippen LogP contribution in [0.5, 0.6) is 0 Å². The van der Waals surface area contributed by atoms with Crippen LogP contribution in [0.4, 0.5) is 0 Å². The van der Waals surface area contributed by atoms with E-state index in [0.717, 1.165) is 0 Å². The number of rotatable bonds is 0. The van der Waals surface area contributed by atoms with E-state index in [-0.39, 0.29) is 23.7 Å². The molecule has 2 aliphatic rings. The van der Waals surface area contributed by atoms with E-state index in [0.29, 0.717) is 12.8 Å². The molecule has 2 N–H and O–H groups in total. The summed E-state index contributed by atoms with van der Waals surface area (Å²) in [6, 6.07) is 0. The maximum atomic E-state index is 11.2. The number of allylic oxidation sites excluding steroid dienone is 2. The lowest BCUT2D eigenvalue weighted by Crippen LogP contribution is -2.56. The largest absolute Gasteiger partial charge is 0.273 e. The average Bonchev–Trinajstić information content (AvgIpc) is 2.12. The quantitative estimate of drug-likeness (QED) is 0.487. The van der Waals surface area contributed by atoms with Gasteiger partial charge in [0.15, 0.2) is 0 Å². The third kappa shape index (κ3) is 0.995. The Morgan fingerprint density at radius 1 is 1.00 bits per heavy atom. The summed E-state index contributed by atoms with van der Waals surface area (Å²) in [5.74, 6) is -0.430. The van der Waals surface area contributed by atoms with Crippen molar-refractivity contribution in [3.05, 3.63) is 12.2 Å². The number of carbonyl (C=O) groups excluding carboxylic acids is 2. The highest BCUT2D eigenvalue weighted by molar-refractivity contribution is 5.93. The summed E-state index contributed by atoms with van der Waals surface area (Å²) < 4.78 is 0. The van der Waals surface area contributed by atoms with Gasteiger partial charge in [0.2, 0.25) is 11.8 Å². The molecular formula is C8H10N2O2. The van der Waals surface area contributed by atoms with Gasteiger partial charge in [0.1, 0.15) is 0 Å². The number of hydrazine groups is 1. The number of hydrogen-bond donors (Lipinski definition) is 2. The Hall–Kier alpha value is -1.32. The van der Waals surface area contributed by atoms with Crippen molar-refractivity contribution in [2.24, 2.45) is 11.8 Å². The first-order chi connectivity index (χ1) is 5.79. The minimum absolute atomic E-state index is 0.0658. The highest BCUT2D eigenvalue weighted by Gasteiger charge is 2.37. The molecule has 0 aromatic carbocycles. The third-order valence-electron chi connectivity index (χ3n) is 2.41. The van der Waals surface area contributed by atoms with Crippen molar-refractivity contribution in [3.8, 4) is 0 Å². The van der Waals surface area contributed by atoms with Gasteiger partial charge in [-0.1, -0.05) is 12.2 Å². The number of fused-ring (bicyclic) bond motifs is 1. The van der Waals surface area contributed by atoms with Gasteiger partial charge in [0, 0.05) is 0 Å². The molecule has 0 radical (unpaired) electrons. The molecule has 1 saturated heterocycles. The summed E-state index contributed by atoms with van der Waals surface area (Å²) in [4.78, 5) is 22.4. The Labute approximate surface area is 70.0 Å². The van der Waals surface area contributed by atoms with E-state index in [1.807, 2.05) is 12.2 Å². The van der Waals surface area contributed by atoms with E-state index < -0.39 is 0 Å². The van der Waals surface area contributed by atoms with Crippen molar-refractivity contribution in [1.82, 2.24) is 10.9 Å². The second kappa shape index (κ2) is 2.62. The summed E-state index contributed by atoms with van der Waals surface area (Å²) in [7, 11) is 0. The number of amides is 2. The molecule has 0 saturated carbocycles.